The van der Waals surface area contributed by atoms with Gasteiger partial charge in [-0.05, 0) is 74.7 Å². The Balaban J connectivity index is 1.41. The number of fused-ring (bicyclic) bond motifs is 1. The number of hydrogen-bond acceptors (Lipinski definition) is 4. The highest BCUT2D eigenvalue weighted by Crippen LogP contribution is 2.34. The summed E-state index contributed by atoms with van der Waals surface area (Å²) in [7, 11) is 0. The molecule has 1 aromatic rings. The Bertz CT molecular complexity index is 552. The molecule has 0 aromatic heterocycles. The second-order valence-electron chi connectivity index (χ2n) is 7.75. The Kier molecular flexibility index (Phi) is 5.06. The summed E-state index contributed by atoms with van der Waals surface area (Å²) in [6.07, 6.45) is 5.34. The Hall–Kier alpha value is -1.10. The molecule has 132 valence electrons. The van der Waals surface area contributed by atoms with E-state index in [4.69, 9.17) is 4.74 Å². The minimum Gasteiger partial charge on any atom is -0.379 e. The summed E-state index contributed by atoms with van der Waals surface area (Å²) in [5.74, 6) is 1.67. The van der Waals surface area contributed by atoms with Crippen LogP contribution in [0.5, 0.6) is 0 Å². The fourth-order valence-electron chi connectivity index (χ4n) is 4.03. The first-order valence-corrected chi connectivity index (χ1v) is 9.70. The van der Waals surface area contributed by atoms with Crippen LogP contribution in [-0.2, 0) is 11.3 Å². The van der Waals surface area contributed by atoms with E-state index in [1.807, 2.05) is 0 Å². The molecule has 0 atom stereocenters. The number of nitrogens with one attached hydrogen (secondary N) is 1. The lowest BCUT2D eigenvalue weighted by molar-refractivity contribution is 0.113. The topological polar surface area (TPSA) is 27.7 Å². The first kappa shape index (κ1) is 16.4. The molecule has 1 N–H and O–H groups in total. The predicted molar refractivity (Wildman–Crippen MR) is 98.1 cm³/mol. The van der Waals surface area contributed by atoms with Crippen LogP contribution in [0.4, 0.5) is 5.69 Å². The molecular formula is C20H31N3O. The summed E-state index contributed by atoms with van der Waals surface area (Å²) in [4.78, 5) is 0. The normalized spacial score (nSPS) is 22.1. The van der Waals surface area contributed by atoms with Gasteiger partial charge in [0.1, 0.15) is 0 Å². The number of rotatable bonds is 7. The Labute approximate surface area is 146 Å². The average Bonchev–Trinajstić information content (AvgIpc) is 3.36. The molecule has 1 saturated heterocycles. The van der Waals surface area contributed by atoms with Gasteiger partial charge in [0.25, 0.3) is 0 Å². The maximum atomic E-state index is 5.92. The minimum absolute atomic E-state index is 0.816. The van der Waals surface area contributed by atoms with Crippen LogP contribution in [0, 0.1) is 18.8 Å². The predicted octanol–water partition coefficient (Wildman–Crippen LogP) is 2.96. The van der Waals surface area contributed by atoms with Gasteiger partial charge in [0, 0.05) is 19.7 Å². The van der Waals surface area contributed by atoms with Crippen LogP contribution < -0.4 is 10.3 Å². The van der Waals surface area contributed by atoms with Gasteiger partial charge < -0.3 is 15.1 Å². The van der Waals surface area contributed by atoms with E-state index in [0.717, 1.165) is 38.1 Å². The number of hydrogen-bond donors (Lipinski definition) is 1. The maximum absolute atomic E-state index is 5.92. The maximum Gasteiger partial charge on any atom is 0.0657 e. The van der Waals surface area contributed by atoms with Gasteiger partial charge in [0.05, 0.1) is 18.8 Å². The molecule has 0 bridgehead atoms. The zero-order chi connectivity index (χ0) is 16.4. The molecule has 0 amide bonds. The van der Waals surface area contributed by atoms with Gasteiger partial charge in [-0.1, -0.05) is 12.1 Å². The summed E-state index contributed by atoms with van der Waals surface area (Å²) in [5.41, 5.74) is 4.33. The molecule has 4 rings (SSSR count). The molecule has 2 heterocycles. The molecule has 4 nitrogen and oxygen atoms in total. The largest absolute Gasteiger partial charge is 0.379 e. The van der Waals surface area contributed by atoms with Crippen LogP contribution in [-0.4, -0.2) is 44.4 Å². The quantitative estimate of drug-likeness (QED) is 0.779. The second kappa shape index (κ2) is 7.42. The van der Waals surface area contributed by atoms with E-state index in [1.165, 1.54) is 62.1 Å². The van der Waals surface area contributed by atoms with Gasteiger partial charge in [0.15, 0.2) is 0 Å². The van der Waals surface area contributed by atoms with Gasteiger partial charge in [0.2, 0.25) is 0 Å². The smallest absolute Gasteiger partial charge is 0.0657 e. The van der Waals surface area contributed by atoms with E-state index in [0.29, 0.717) is 0 Å². The molecule has 0 unspecified atom stereocenters. The summed E-state index contributed by atoms with van der Waals surface area (Å²) in [5, 5.41) is 8.56. The molecule has 24 heavy (non-hydrogen) atoms. The SMILES string of the molecule is Cc1cccc2c1CN(CC1CCNCC1)N2CCOCC1CC1. The first-order chi connectivity index (χ1) is 11.8. The number of anilines is 1. The summed E-state index contributed by atoms with van der Waals surface area (Å²) in [6.45, 7) is 9.62. The van der Waals surface area contributed by atoms with Crippen LogP contribution in [0.1, 0.15) is 36.8 Å². The molecule has 0 radical (unpaired) electrons. The molecule has 2 fully saturated rings. The standard InChI is InChI=1S/C20H31N3O/c1-16-3-2-4-20-19(16)14-22(13-17-7-9-21-10-8-17)23(20)11-12-24-15-18-5-6-18/h2-4,17-18,21H,5-15H2,1H3. The van der Waals surface area contributed by atoms with Gasteiger partial charge in [-0.2, -0.15) is 0 Å². The number of aryl methyl sites for hydroxylation is 1. The van der Waals surface area contributed by atoms with Crippen molar-refractivity contribution in [3.63, 3.8) is 0 Å². The number of nitrogens with zero attached hydrogens (tertiary/aromatic N) is 2. The zero-order valence-electron chi connectivity index (χ0n) is 15.0. The molecule has 1 saturated carbocycles. The third kappa shape index (κ3) is 3.76. The van der Waals surface area contributed by atoms with Crippen LogP contribution in [0.15, 0.2) is 18.2 Å². The van der Waals surface area contributed by atoms with E-state index in [2.05, 4.69) is 40.5 Å². The minimum atomic E-state index is 0.816. The van der Waals surface area contributed by atoms with Crippen molar-refractivity contribution in [3.8, 4) is 0 Å². The molecule has 1 aliphatic carbocycles. The van der Waals surface area contributed by atoms with Crippen molar-refractivity contribution in [1.29, 1.82) is 0 Å². The van der Waals surface area contributed by atoms with Gasteiger partial charge >= 0.3 is 0 Å². The molecular weight excluding hydrogens is 298 g/mol. The first-order valence-electron chi connectivity index (χ1n) is 9.70. The van der Waals surface area contributed by atoms with Crippen LogP contribution in [0.3, 0.4) is 0 Å². The highest BCUT2D eigenvalue weighted by Gasteiger charge is 2.30. The zero-order valence-corrected chi connectivity index (χ0v) is 15.0. The molecule has 0 spiro atoms. The molecule has 3 aliphatic rings. The highest BCUT2D eigenvalue weighted by atomic mass is 16.5. The van der Waals surface area contributed by atoms with Crippen molar-refractivity contribution in [2.45, 2.75) is 39.2 Å². The second-order valence-corrected chi connectivity index (χ2v) is 7.75. The van der Waals surface area contributed by atoms with E-state index in [9.17, 15) is 0 Å². The van der Waals surface area contributed by atoms with Crippen LogP contribution in [0.2, 0.25) is 0 Å². The lowest BCUT2D eigenvalue weighted by Gasteiger charge is -2.34. The number of hydrazine groups is 1. The fraction of sp³-hybridized carbons (Fsp3) is 0.700. The summed E-state index contributed by atoms with van der Waals surface area (Å²) >= 11 is 0. The van der Waals surface area contributed by atoms with Gasteiger partial charge in [-0.25, -0.2) is 5.01 Å². The van der Waals surface area contributed by atoms with E-state index < -0.39 is 0 Å². The van der Waals surface area contributed by atoms with Crippen molar-refractivity contribution in [1.82, 2.24) is 10.3 Å². The molecule has 2 aliphatic heterocycles. The average molecular weight is 329 g/mol. The van der Waals surface area contributed by atoms with Crippen molar-refractivity contribution in [2.24, 2.45) is 11.8 Å². The third-order valence-electron chi connectivity index (χ3n) is 5.77. The lowest BCUT2D eigenvalue weighted by atomic mass is 9.98. The monoisotopic (exact) mass is 329 g/mol. The Morgan fingerprint density at radius 1 is 1.12 bits per heavy atom. The Morgan fingerprint density at radius 3 is 2.75 bits per heavy atom. The van der Waals surface area contributed by atoms with Crippen molar-refractivity contribution in [2.75, 3.05) is 44.4 Å². The molecule has 1 aromatic carbocycles. The number of piperidine rings is 1. The third-order valence-corrected chi connectivity index (χ3v) is 5.77. The fourth-order valence-corrected chi connectivity index (χ4v) is 4.03. The lowest BCUT2D eigenvalue weighted by Crippen LogP contribution is -2.44. The molecule has 4 heteroatoms. The van der Waals surface area contributed by atoms with Gasteiger partial charge in [-0.3, -0.25) is 0 Å². The summed E-state index contributed by atoms with van der Waals surface area (Å²) < 4.78 is 5.92. The van der Waals surface area contributed by atoms with E-state index >= 15 is 0 Å². The van der Waals surface area contributed by atoms with Crippen molar-refractivity contribution in [3.05, 3.63) is 29.3 Å². The van der Waals surface area contributed by atoms with Gasteiger partial charge in [-0.15, -0.1) is 0 Å². The van der Waals surface area contributed by atoms with Crippen molar-refractivity contribution >= 4 is 5.69 Å². The highest BCUT2D eigenvalue weighted by molar-refractivity contribution is 5.59. The van der Waals surface area contributed by atoms with Crippen LogP contribution in [0.25, 0.3) is 0 Å². The van der Waals surface area contributed by atoms with Crippen molar-refractivity contribution < 1.29 is 4.74 Å². The Morgan fingerprint density at radius 2 is 1.96 bits per heavy atom. The van der Waals surface area contributed by atoms with E-state index in [1.54, 1.807) is 0 Å². The number of benzene rings is 1. The number of ether oxygens (including phenoxy) is 1. The summed E-state index contributed by atoms with van der Waals surface area (Å²) in [6, 6.07) is 6.72. The van der Waals surface area contributed by atoms with E-state index in [-0.39, 0.29) is 0 Å². The van der Waals surface area contributed by atoms with Crippen LogP contribution >= 0.6 is 0 Å².